The third-order valence-electron chi connectivity index (χ3n) is 2.09. The summed E-state index contributed by atoms with van der Waals surface area (Å²) in [5.41, 5.74) is 0.364. The molecule has 0 saturated heterocycles. The number of ketones is 1. The number of hydrogen-bond acceptors (Lipinski definition) is 3. The van der Waals surface area contributed by atoms with Crippen molar-refractivity contribution in [3.63, 3.8) is 0 Å². The van der Waals surface area contributed by atoms with Crippen LogP contribution in [0.1, 0.15) is 17.3 Å². The first-order valence-corrected chi connectivity index (χ1v) is 4.74. The lowest BCUT2D eigenvalue weighted by Gasteiger charge is -2.08. The maximum atomic E-state index is 11.8. The lowest BCUT2D eigenvalue weighted by atomic mass is 10.0. The molecular weight excluding hydrogens is 218 g/mol. The fourth-order valence-corrected chi connectivity index (χ4v) is 1.17. The number of aliphatic hydroxyl groups excluding tert-OH is 1. The summed E-state index contributed by atoms with van der Waals surface area (Å²) in [5.74, 6) is -0.726. The number of carbonyl (C=O) groups excluding carboxylic acids is 1. The van der Waals surface area contributed by atoms with Crippen molar-refractivity contribution >= 4 is 5.78 Å². The Labute approximate surface area is 91.7 Å². The Morgan fingerprint density at radius 1 is 1.38 bits per heavy atom. The molecular formula is C11H12F2O3. The van der Waals surface area contributed by atoms with E-state index in [2.05, 4.69) is 4.74 Å². The third kappa shape index (κ3) is 3.27. The van der Waals surface area contributed by atoms with Crippen molar-refractivity contribution in [3.05, 3.63) is 29.8 Å². The van der Waals surface area contributed by atoms with Gasteiger partial charge in [-0.1, -0.05) is 6.92 Å². The molecule has 16 heavy (non-hydrogen) atoms. The zero-order valence-corrected chi connectivity index (χ0v) is 8.69. The Bertz CT molecular complexity index is 349. The Morgan fingerprint density at radius 2 is 1.94 bits per heavy atom. The molecule has 0 aliphatic rings. The summed E-state index contributed by atoms with van der Waals surface area (Å²) in [7, 11) is 0. The summed E-state index contributed by atoms with van der Waals surface area (Å²) in [5, 5.41) is 8.80. The number of ether oxygens (including phenoxy) is 1. The molecule has 0 aliphatic carbocycles. The molecule has 5 heteroatoms. The van der Waals surface area contributed by atoms with Crippen molar-refractivity contribution in [2.45, 2.75) is 13.5 Å². The molecule has 1 N–H and O–H groups in total. The standard InChI is InChI=1S/C11H12F2O3/c1-7(6-14)10(15)8-2-4-9(5-3-8)16-11(12)13/h2-5,7,11,14H,6H2,1H3/t7-/m0/s1. The number of carbonyl (C=O) groups is 1. The minimum absolute atomic E-state index is 0.00296. The Balaban J connectivity index is 2.74. The van der Waals surface area contributed by atoms with E-state index in [1.165, 1.54) is 24.3 Å². The van der Waals surface area contributed by atoms with Gasteiger partial charge < -0.3 is 9.84 Å². The number of Topliss-reactive ketones (excluding diaryl/α,β-unsaturated/α-hetero) is 1. The van der Waals surface area contributed by atoms with Crippen molar-refractivity contribution < 1.29 is 23.4 Å². The van der Waals surface area contributed by atoms with Crippen molar-refractivity contribution in [2.75, 3.05) is 6.61 Å². The van der Waals surface area contributed by atoms with Crippen LogP contribution in [0.15, 0.2) is 24.3 Å². The van der Waals surface area contributed by atoms with Crippen LogP contribution in [0.5, 0.6) is 5.75 Å². The summed E-state index contributed by atoms with van der Waals surface area (Å²) < 4.78 is 27.8. The first-order chi connectivity index (χ1) is 7.54. The molecule has 3 nitrogen and oxygen atoms in total. The van der Waals surface area contributed by atoms with Crippen LogP contribution in [-0.2, 0) is 0 Å². The van der Waals surface area contributed by atoms with Gasteiger partial charge in [0.15, 0.2) is 5.78 Å². The molecule has 1 atom stereocenters. The van der Waals surface area contributed by atoms with Crippen LogP contribution in [0.4, 0.5) is 8.78 Å². The fraction of sp³-hybridized carbons (Fsp3) is 0.364. The molecule has 0 bridgehead atoms. The van der Waals surface area contributed by atoms with Crippen LogP contribution in [0.3, 0.4) is 0 Å². The Morgan fingerprint density at radius 3 is 2.38 bits per heavy atom. The van der Waals surface area contributed by atoms with Crippen molar-refractivity contribution in [1.82, 2.24) is 0 Å². The average molecular weight is 230 g/mol. The molecule has 0 amide bonds. The minimum Gasteiger partial charge on any atom is -0.435 e. The van der Waals surface area contributed by atoms with Crippen LogP contribution in [0, 0.1) is 5.92 Å². The lowest BCUT2D eigenvalue weighted by molar-refractivity contribution is -0.0498. The van der Waals surface area contributed by atoms with Gasteiger partial charge in [-0.05, 0) is 24.3 Å². The van der Waals surface area contributed by atoms with Crippen LogP contribution in [0.25, 0.3) is 0 Å². The molecule has 1 aromatic rings. The third-order valence-corrected chi connectivity index (χ3v) is 2.09. The SMILES string of the molecule is C[C@@H](CO)C(=O)c1ccc(OC(F)F)cc1. The number of hydrogen-bond donors (Lipinski definition) is 1. The quantitative estimate of drug-likeness (QED) is 0.788. The predicted octanol–water partition coefficient (Wildman–Crippen LogP) is 2.10. The molecule has 1 aromatic carbocycles. The van der Waals surface area contributed by atoms with E-state index in [1.807, 2.05) is 0 Å². The highest BCUT2D eigenvalue weighted by Crippen LogP contribution is 2.16. The topological polar surface area (TPSA) is 46.5 Å². The molecule has 0 heterocycles. The highest BCUT2D eigenvalue weighted by molar-refractivity contribution is 5.97. The number of aliphatic hydroxyl groups is 1. The van der Waals surface area contributed by atoms with E-state index >= 15 is 0 Å². The zero-order chi connectivity index (χ0) is 12.1. The highest BCUT2D eigenvalue weighted by atomic mass is 19.3. The summed E-state index contributed by atoms with van der Waals surface area (Å²) in [6.07, 6.45) is 0. The molecule has 88 valence electrons. The molecule has 0 aromatic heterocycles. The van der Waals surface area contributed by atoms with E-state index < -0.39 is 12.5 Å². The normalized spacial score (nSPS) is 12.6. The van der Waals surface area contributed by atoms with Gasteiger partial charge in [0.25, 0.3) is 0 Å². The second-order valence-electron chi connectivity index (χ2n) is 3.35. The average Bonchev–Trinajstić information content (AvgIpc) is 2.27. The van der Waals surface area contributed by atoms with Crippen LogP contribution in [0.2, 0.25) is 0 Å². The van der Waals surface area contributed by atoms with E-state index in [1.54, 1.807) is 6.92 Å². The lowest BCUT2D eigenvalue weighted by Crippen LogP contribution is -2.14. The van der Waals surface area contributed by atoms with E-state index in [0.717, 1.165) is 0 Å². The summed E-state index contributed by atoms with van der Waals surface area (Å²) in [6, 6.07) is 5.38. The monoisotopic (exact) mass is 230 g/mol. The van der Waals surface area contributed by atoms with Crippen molar-refractivity contribution in [3.8, 4) is 5.75 Å². The van der Waals surface area contributed by atoms with Crippen molar-refractivity contribution in [2.24, 2.45) is 5.92 Å². The van der Waals surface area contributed by atoms with E-state index in [4.69, 9.17) is 5.11 Å². The summed E-state index contributed by atoms with van der Waals surface area (Å²) in [6.45, 7) is -1.53. The second-order valence-corrected chi connectivity index (χ2v) is 3.35. The van der Waals surface area contributed by atoms with Gasteiger partial charge in [0.05, 0.1) is 6.61 Å². The van der Waals surface area contributed by atoms with E-state index in [9.17, 15) is 13.6 Å². The molecule has 0 aliphatic heterocycles. The molecule has 0 spiro atoms. The van der Waals surface area contributed by atoms with Gasteiger partial charge in [-0.25, -0.2) is 0 Å². The highest BCUT2D eigenvalue weighted by Gasteiger charge is 2.14. The van der Waals surface area contributed by atoms with Gasteiger partial charge in [-0.15, -0.1) is 0 Å². The maximum absolute atomic E-state index is 11.8. The van der Waals surface area contributed by atoms with Crippen LogP contribution >= 0.6 is 0 Å². The number of benzene rings is 1. The first kappa shape index (κ1) is 12.6. The van der Waals surface area contributed by atoms with Crippen LogP contribution < -0.4 is 4.74 Å². The predicted molar refractivity (Wildman–Crippen MR) is 53.7 cm³/mol. The van der Waals surface area contributed by atoms with Gasteiger partial charge in [-0.2, -0.15) is 8.78 Å². The van der Waals surface area contributed by atoms with Gasteiger partial charge >= 0.3 is 6.61 Å². The fourth-order valence-electron chi connectivity index (χ4n) is 1.17. The molecule has 1 rings (SSSR count). The van der Waals surface area contributed by atoms with Gasteiger partial charge in [0.1, 0.15) is 5.75 Å². The number of halogens is 2. The maximum Gasteiger partial charge on any atom is 0.387 e. The van der Waals surface area contributed by atoms with Gasteiger partial charge in [0.2, 0.25) is 0 Å². The van der Waals surface area contributed by atoms with Gasteiger partial charge in [-0.3, -0.25) is 4.79 Å². The van der Waals surface area contributed by atoms with Gasteiger partial charge in [0, 0.05) is 11.5 Å². The largest absolute Gasteiger partial charge is 0.435 e. The van der Waals surface area contributed by atoms with Crippen molar-refractivity contribution in [1.29, 1.82) is 0 Å². The summed E-state index contributed by atoms with van der Waals surface area (Å²) >= 11 is 0. The zero-order valence-electron chi connectivity index (χ0n) is 8.69. The summed E-state index contributed by atoms with van der Waals surface area (Å²) in [4.78, 5) is 11.6. The minimum atomic E-state index is -2.88. The second kappa shape index (κ2) is 5.55. The van der Waals surface area contributed by atoms with E-state index in [-0.39, 0.29) is 18.1 Å². The molecule has 0 fully saturated rings. The van der Waals surface area contributed by atoms with Crippen LogP contribution in [-0.4, -0.2) is 24.1 Å². The van der Waals surface area contributed by atoms with E-state index in [0.29, 0.717) is 5.56 Å². The number of alkyl halides is 2. The molecule has 0 unspecified atom stereocenters. The Kier molecular flexibility index (Phi) is 4.37. The smallest absolute Gasteiger partial charge is 0.387 e. The Hall–Kier alpha value is -1.49. The number of rotatable bonds is 5. The molecule has 0 radical (unpaired) electrons. The first-order valence-electron chi connectivity index (χ1n) is 4.74. The molecule has 0 saturated carbocycles.